The molecule has 0 saturated carbocycles. The molecule has 0 radical (unpaired) electrons. The molecule has 0 N–H and O–H groups in total. The zero-order chi connectivity index (χ0) is 20.8. The molecule has 30 heavy (non-hydrogen) atoms. The van der Waals surface area contributed by atoms with Crippen molar-refractivity contribution >= 4 is 16.9 Å². The first kappa shape index (κ1) is 18.2. The second kappa shape index (κ2) is 6.91. The van der Waals surface area contributed by atoms with Crippen molar-refractivity contribution in [2.24, 2.45) is 0 Å². The number of nitrogens with zero attached hydrogens (tertiary/aromatic N) is 1. The highest BCUT2D eigenvalue weighted by Gasteiger charge is 2.42. The molecule has 1 aromatic heterocycles. The summed E-state index contributed by atoms with van der Waals surface area (Å²) >= 11 is 0. The number of carbonyl (C=O) groups is 1. The lowest BCUT2D eigenvalue weighted by atomic mass is 9.98. The quantitative estimate of drug-likeness (QED) is 0.493. The topological polar surface area (TPSA) is 50.5 Å². The third-order valence-electron chi connectivity index (χ3n) is 5.31. The zero-order valence-electron chi connectivity index (χ0n) is 15.6. The maximum Gasteiger partial charge on any atom is 0.291 e. The molecule has 1 atom stereocenters. The lowest BCUT2D eigenvalue weighted by Gasteiger charge is -2.25. The summed E-state index contributed by atoms with van der Waals surface area (Å²) < 4.78 is 33.1. The molecule has 0 aliphatic carbocycles. The largest absolute Gasteiger partial charge is 0.450 e. The van der Waals surface area contributed by atoms with Gasteiger partial charge in [-0.15, -0.1) is 0 Å². The molecule has 0 unspecified atom stereocenters. The normalized spacial score (nSPS) is 15.6. The lowest BCUT2D eigenvalue weighted by molar-refractivity contribution is 0.0714. The van der Waals surface area contributed by atoms with Crippen molar-refractivity contribution in [3.05, 3.63) is 117 Å². The predicted octanol–water partition coefficient (Wildman–Crippen LogP) is 4.82. The highest BCUT2D eigenvalue weighted by atomic mass is 19.1. The summed E-state index contributed by atoms with van der Waals surface area (Å²) in [7, 11) is 0. The summed E-state index contributed by atoms with van der Waals surface area (Å²) in [5, 5.41) is 0.0650. The molecule has 0 spiro atoms. The van der Waals surface area contributed by atoms with Crippen LogP contribution in [0.5, 0.6) is 0 Å². The monoisotopic (exact) mass is 403 g/mol. The number of benzene rings is 3. The van der Waals surface area contributed by atoms with Crippen molar-refractivity contribution in [1.29, 1.82) is 0 Å². The lowest BCUT2D eigenvalue weighted by Crippen LogP contribution is -2.29. The molecule has 1 aliphatic heterocycles. The Morgan fingerprint density at radius 1 is 0.867 bits per heavy atom. The molecule has 0 saturated heterocycles. The van der Waals surface area contributed by atoms with Gasteiger partial charge in [0.25, 0.3) is 5.91 Å². The van der Waals surface area contributed by atoms with Gasteiger partial charge in [-0.2, -0.15) is 0 Å². The van der Waals surface area contributed by atoms with Crippen LogP contribution in [0.25, 0.3) is 11.0 Å². The summed E-state index contributed by atoms with van der Waals surface area (Å²) in [6, 6.07) is 17.8. The zero-order valence-corrected chi connectivity index (χ0v) is 15.6. The number of fused-ring (bicyclic) bond motifs is 2. The summed E-state index contributed by atoms with van der Waals surface area (Å²) in [6.45, 7) is 0.232. The van der Waals surface area contributed by atoms with Gasteiger partial charge in [0.2, 0.25) is 5.76 Å². The first-order valence-corrected chi connectivity index (χ1v) is 9.39. The highest BCUT2D eigenvalue weighted by Crippen LogP contribution is 2.39. The van der Waals surface area contributed by atoms with Crippen molar-refractivity contribution in [2.45, 2.75) is 12.6 Å². The highest BCUT2D eigenvalue weighted by molar-refractivity contribution is 5.99. The fraction of sp³-hybridized carbons (Fsp3) is 0.0833. The fourth-order valence-corrected chi connectivity index (χ4v) is 3.93. The number of hydrogen-bond acceptors (Lipinski definition) is 3. The molecule has 4 nitrogen and oxygen atoms in total. The number of halogens is 2. The number of amides is 1. The van der Waals surface area contributed by atoms with Crippen LogP contribution in [0.2, 0.25) is 0 Å². The standard InChI is InChI=1S/C24H15F2NO3/c25-16-8-6-15(7-9-16)21-20-22(28)18-12-17(26)10-11-19(18)30-23(20)24(29)27(21)13-14-4-2-1-3-5-14/h1-12,21H,13H2/t21-/m1/s1. The van der Waals surface area contributed by atoms with Crippen molar-refractivity contribution < 1.29 is 18.0 Å². The molecular weight excluding hydrogens is 388 g/mol. The van der Waals surface area contributed by atoms with Crippen LogP contribution in [0.4, 0.5) is 8.78 Å². The first-order chi connectivity index (χ1) is 14.5. The van der Waals surface area contributed by atoms with E-state index in [-0.39, 0.29) is 28.8 Å². The second-order valence-electron chi connectivity index (χ2n) is 7.19. The predicted molar refractivity (Wildman–Crippen MR) is 107 cm³/mol. The van der Waals surface area contributed by atoms with E-state index in [4.69, 9.17) is 4.42 Å². The van der Waals surface area contributed by atoms with Crippen molar-refractivity contribution in [3.8, 4) is 0 Å². The van der Waals surface area contributed by atoms with Gasteiger partial charge in [0.05, 0.1) is 17.0 Å². The van der Waals surface area contributed by atoms with E-state index in [1.807, 2.05) is 30.3 Å². The first-order valence-electron chi connectivity index (χ1n) is 9.39. The molecule has 1 amide bonds. The molecule has 1 aliphatic rings. The van der Waals surface area contributed by atoms with Crippen LogP contribution in [0.3, 0.4) is 0 Å². The van der Waals surface area contributed by atoms with E-state index in [1.54, 1.807) is 0 Å². The van der Waals surface area contributed by atoms with E-state index in [0.717, 1.165) is 11.6 Å². The third kappa shape index (κ3) is 2.88. The van der Waals surface area contributed by atoms with Crippen LogP contribution < -0.4 is 5.43 Å². The van der Waals surface area contributed by atoms with Crippen LogP contribution >= 0.6 is 0 Å². The maximum absolute atomic E-state index is 13.8. The molecule has 4 aromatic rings. The van der Waals surface area contributed by atoms with Crippen molar-refractivity contribution in [3.63, 3.8) is 0 Å². The average molecular weight is 403 g/mol. The van der Waals surface area contributed by atoms with E-state index in [1.165, 1.54) is 41.3 Å². The average Bonchev–Trinajstić information content (AvgIpc) is 3.02. The fourth-order valence-electron chi connectivity index (χ4n) is 3.93. The van der Waals surface area contributed by atoms with E-state index in [2.05, 4.69) is 0 Å². The van der Waals surface area contributed by atoms with Gasteiger partial charge in [-0.05, 0) is 41.5 Å². The molecule has 6 heteroatoms. The van der Waals surface area contributed by atoms with Crippen LogP contribution in [0.15, 0.2) is 82.0 Å². The summed E-state index contributed by atoms with van der Waals surface area (Å²) in [6.07, 6.45) is 0. The Labute approximate surface area is 170 Å². The van der Waals surface area contributed by atoms with E-state index < -0.39 is 29.0 Å². The van der Waals surface area contributed by atoms with E-state index in [0.29, 0.717) is 5.56 Å². The number of carbonyl (C=O) groups excluding carboxylic acids is 1. The van der Waals surface area contributed by atoms with Crippen LogP contribution in [0.1, 0.15) is 33.3 Å². The van der Waals surface area contributed by atoms with E-state index in [9.17, 15) is 18.4 Å². The minimum absolute atomic E-state index is 0.0650. The molecule has 2 heterocycles. The minimum Gasteiger partial charge on any atom is -0.450 e. The summed E-state index contributed by atoms with van der Waals surface area (Å²) in [4.78, 5) is 28.1. The molecular formula is C24H15F2NO3. The minimum atomic E-state index is -0.766. The molecule has 3 aromatic carbocycles. The smallest absolute Gasteiger partial charge is 0.291 e. The molecule has 148 valence electrons. The summed E-state index contributed by atoms with van der Waals surface area (Å²) in [5.41, 5.74) is 1.26. The Morgan fingerprint density at radius 2 is 1.57 bits per heavy atom. The maximum atomic E-state index is 13.8. The van der Waals surface area contributed by atoms with Crippen molar-refractivity contribution in [1.82, 2.24) is 4.90 Å². The number of hydrogen-bond donors (Lipinski definition) is 0. The Morgan fingerprint density at radius 3 is 2.30 bits per heavy atom. The van der Waals surface area contributed by atoms with Gasteiger partial charge < -0.3 is 9.32 Å². The Kier molecular flexibility index (Phi) is 4.20. The Hall–Kier alpha value is -3.80. The van der Waals surface area contributed by atoms with E-state index >= 15 is 0 Å². The van der Waals surface area contributed by atoms with Gasteiger partial charge in [-0.3, -0.25) is 9.59 Å². The van der Waals surface area contributed by atoms with Crippen LogP contribution in [-0.4, -0.2) is 10.8 Å². The second-order valence-corrected chi connectivity index (χ2v) is 7.19. The molecule has 5 rings (SSSR count). The molecule has 0 fully saturated rings. The summed E-state index contributed by atoms with van der Waals surface area (Å²) in [5.74, 6) is -1.50. The van der Waals surface area contributed by atoms with Crippen LogP contribution in [-0.2, 0) is 6.54 Å². The van der Waals surface area contributed by atoms with Crippen LogP contribution in [0, 0.1) is 11.6 Å². The van der Waals surface area contributed by atoms with Gasteiger partial charge in [-0.1, -0.05) is 42.5 Å². The number of rotatable bonds is 3. The van der Waals surface area contributed by atoms with Gasteiger partial charge in [0.1, 0.15) is 17.2 Å². The van der Waals surface area contributed by atoms with Gasteiger partial charge in [-0.25, -0.2) is 8.78 Å². The Balaban J connectivity index is 1.74. The van der Waals surface area contributed by atoms with Gasteiger partial charge >= 0.3 is 0 Å². The van der Waals surface area contributed by atoms with Crippen molar-refractivity contribution in [2.75, 3.05) is 0 Å². The molecule has 0 bridgehead atoms. The van der Waals surface area contributed by atoms with Gasteiger partial charge in [0, 0.05) is 6.54 Å². The van der Waals surface area contributed by atoms with Gasteiger partial charge in [0.15, 0.2) is 5.43 Å². The SMILES string of the molecule is O=C1c2oc3ccc(F)cc3c(=O)c2[C@@H](c2ccc(F)cc2)N1Cc1ccccc1. The third-order valence-corrected chi connectivity index (χ3v) is 5.31. The Bertz CT molecular complexity index is 1330.